The molecule has 0 amide bonds. The Kier molecular flexibility index (Phi) is 22.1. The van der Waals surface area contributed by atoms with Crippen molar-refractivity contribution >= 4 is 18.3 Å². The van der Waals surface area contributed by atoms with Crippen LogP contribution in [-0.4, -0.2) is 17.8 Å². The topological polar surface area (TPSA) is 55.3 Å². The van der Waals surface area contributed by atoms with Crippen molar-refractivity contribution in [3.8, 4) is 0 Å². The van der Waals surface area contributed by atoms with Crippen LogP contribution in [0.5, 0.6) is 0 Å². The maximum absolute atomic E-state index is 6.15. The number of unbranched alkanes of at least 4 members (excludes halogenated alkanes) is 18. The molecule has 0 aliphatic carbocycles. The molecular weight excluding hydrogens is 393 g/mol. The second kappa shape index (κ2) is 21.8. The Morgan fingerprint density at radius 3 is 0.966 bits per heavy atom. The first-order valence-electron chi connectivity index (χ1n) is 12.9. The van der Waals surface area contributed by atoms with Crippen molar-refractivity contribution in [3.05, 3.63) is 0 Å². The highest BCUT2D eigenvalue weighted by molar-refractivity contribution is 8.11. The first kappa shape index (κ1) is 29.5. The van der Waals surface area contributed by atoms with Crippen molar-refractivity contribution in [2.24, 2.45) is 11.0 Å². The molecule has 0 fully saturated rings. The van der Waals surface area contributed by atoms with Gasteiger partial charge in [-0.25, -0.2) is 0 Å². The van der Waals surface area contributed by atoms with Gasteiger partial charge >= 0.3 is 0 Å². The second-order valence-electron chi connectivity index (χ2n) is 8.99. The highest BCUT2D eigenvalue weighted by atomic mass is 32.4. The summed E-state index contributed by atoms with van der Waals surface area (Å²) in [5.74, 6) is 0. The standard InChI is InChI=1S/C24H54N3PS/c1-3-5-7-9-11-13-15-17-19-21-23-27(28(25,26)29)24-22-20-18-16-14-12-10-8-6-4-2/h3-24H2,1-2H3,(H4,25,26,29). The maximum Gasteiger partial charge on any atom is 0.135 e. The lowest BCUT2D eigenvalue weighted by molar-refractivity contribution is 0.410. The minimum absolute atomic E-state index is 0.998. The maximum atomic E-state index is 6.15. The molecule has 0 spiro atoms. The van der Waals surface area contributed by atoms with Crippen LogP contribution in [0.4, 0.5) is 0 Å². The zero-order valence-corrected chi connectivity index (χ0v) is 21.7. The lowest BCUT2D eigenvalue weighted by atomic mass is 10.1. The normalized spacial score (nSPS) is 12.2. The van der Waals surface area contributed by atoms with Crippen molar-refractivity contribution in [2.75, 3.05) is 13.1 Å². The average molecular weight is 448 g/mol. The third kappa shape index (κ3) is 21.5. The van der Waals surface area contributed by atoms with E-state index in [9.17, 15) is 0 Å². The van der Waals surface area contributed by atoms with Gasteiger partial charge in [-0.3, -0.25) is 15.7 Å². The van der Waals surface area contributed by atoms with E-state index < -0.39 is 6.49 Å². The molecule has 0 aliphatic rings. The van der Waals surface area contributed by atoms with Crippen molar-refractivity contribution in [2.45, 2.75) is 142 Å². The van der Waals surface area contributed by atoms with E-state index in [-0.39, 0.29) is 0 Å². The van der Waals surface area contributed by atoms with Gasteiger partial charge in [0.15, 0.2) is 0 Å². The molecule has 0 atom stereocenters. The van der Waals surface area contributed by atoms with Crippen molar-refractivity contribution in [1.29, 1.82) is 0 Å². The van der Waals surface area contributed by atoms with Crippen LogP contribution in [0.2, 0.25) is 0 Å². The van der Waals surface area contributed by atoms with Gasteiger partial charge < -0.3 is 0 Å². The van der Waals surface area contributed by atoms with Crippen LogP contribution in [-0.2, 0) is 11.8 Å². The van der Waals surface area contributed by atoms with Gasteiger partial charge in [0.05, 0.1) is 0 Å². The molecule has 0 bridgehead atoms. The number of rotatable bonds is 23. The van der Waals surface area contributed by atoms with E-state index in [0.717, 1.165) is 13.1 Å². The third-order valence-electron chi connectivity index (χ3n) is 5.98. The Morgan fingerprint density at radius 1 is 0.483 bits per heavy atom. The molecule has 29 heavy (non-hydrogen) atoms. The monoisotopic (exact) mass is 447 g/mol. The van der Waals surface area contributed by atoms with Gasteiger partial charge in [-0.1, -0.05) is 129 Å². The number of hydrogen-bond acceptors (Lipinski definition) is 1. The molecule has 4 N–H and O–H groups in total. The van der Waals surface area contributed by atoms with Crippen LogP contribution in [0.3, 0.4) is 0 Å². The highest BCUT2D eigenvalue weighted by Gasteiger charge is 2.15. The van der Waals surface area contributed by atoms with Crippen molar-refractivity contribution in [3.63, 3.8) is 0 Å². The fourth-order valence-corrected chi connectivity index (χ4v) is 5.39. The van der Waals surface area contributed by atoms with E-state index in [4.69, 9.17) is 22.8 Å². The zero-order valence-electron chi connectivity index (χ0n) is 20.0. The summed E-state index contributed by atoms with van der Waals surface area (Å²) in [6.45, 7) is 4.29. The summed E-state index contributed by atoms with van der Waals surface area (Å²) in [4.78, 5) is 0. The Balaban J connectivity index is 3.62. The van der Waals surface area contributed by atoms with Gasteiger partial charge in [-0.05, 0) is 24.6 Å². The lowest BCUT2D eigenvalue weighted by Crippen LogP contribution is -2.30. The van der Waals surface area contributed by atoms with Crippen LogP contribution >= 0.6 is 6.49 Å². The smallest absolute Gasteiger partial charge is 0.135 e. The molecule has 0 radical (unpaired) electrons. The van der Waals surface area contributed by atoms with Crippen molar-refractivity contribution < 1.29 is 0 Å². The Labute approximate surface area is 189 Å². The Hall–Kier alpha value is 0.530. The summed E-state index contributed by atoms with van der Waals surface area (Å²) in [6.07, 6.45) is 27.2. The van der Waals surface area contributed by atoms with E-state index >= 15 is 0 Å². The van der Waals surface area contributed by atoms with E-state index in [1.807, 2.05) is 0 Å². The third-order valence-corrected chi connectivity index (χ3v) is 7.96. The number of nitrogens with zero attached hydrogens (tertiary/aromatic N) is 1. The second-order valence-corrected chi connectivity index (χ2v) is 12.7. The van der Waals surface area contributed by atoms with Crippen LogP contribution in [0.25, 0.3) is 0 Å². The van der Waals surface area contributed by atoms with Gasteiger partial charge in [-0.15, -0.1) is 0 Å². The molecule has 3 nitrogen and oxygen atoms in total. The number of nitrogens with two attached hydrogens (primary N) is 2. The minimum atomic E-state index is -2.26. The number of hydrogen-bond donors (Lipinski definition) is 2. The molecule has 0 saturated carbocycles. The first-order valence-corrected chi connectivity index (χ1v) is 15.8. The summed E-state index contributed by atoms with van der Waals surface area (Å²) < 4.78 is 2.23. The van der Waals surface area contributed by atoms with Gasteiger partial charge in [0, 0.05) is 13.1 Å². The zero-order chi connectivity index (χ0) is 21.6. The van der Waals surface area contributed by atoms with Crippen LogP contribution in [0.1, 0.15) is 142 Å². The fourth-order valence-electron chi connectivity index (χ4n) is 3.99. The first-order chi connectivity index (χ1) is 14.0. The molecule has 0 aliphatic heterocycles. The molecular formula is C24H54N3PS. The predicted molar refractivity (Wildman–Crippen MR) is 138 cm³/mol. The molecule has 176 valence electrons. The van der Waals surface area contributed by atoms with E-state index in [1.165, 1.54) is 128 Å². The minimum Gasteiger partial charge on any atom is -0.279 e. The van der Waals surface area contributed by atoms with Crippen LogP contribution in [0, 0.1) is 0 Å². The summed E-state index contributed by atoms with van der Waals surface area (Å²) in [7, 11) is 0. The summed E-state index contributed by atoms with van der Waals surface area (Å²) in [6, 6.07) is 0. The Morgan fingerprint density at radius 2 is 0.724 bits per heavy atom. The predicted octanol–water partition coefficient (Wildman–Crippen LogP) is 8.27. The summed E-state index contributed by atoms with van der Waals surface area (Å²) in [5.41, 5.74) is 12.3. The van der Waals surface area contributed by atoms with Crippen LogP contribution in [0.15, 0.2) is 0 Å². The molecule has 0 aromatic carbocycles. The largest absolute Gasteiger partial charge is 0.279 e. The quantitative estimate of drug-likeness (QED) is 0.122. The van der Waals surface area contributed by atoms with Gasteiger partial charge in [-0.2, -0.15) is 0 Å². The van der Waals surface area contributed by atoms with E-state index in [1.54, 1.807) is 0 Å². The highest BCUT2D eigenvalue weighted by Crippen LogP contribution is 2.32. The summed E-state index contributed by atoms with van der Waals surface area (Å²) in [5, 5.41) is 0. The lowest BCUT2D eigenvalue weighted by Gasteiger charge is -2.28. The van der Waals surface area contributed by atoms with Crippen LogP contribution < -0.4 is 11.0 Å². The van der Waals surface area contributed by atoms with Crippen molar-refractivity contribution in [1.82, 2.24) is 4.67 Å². The van der Waals surface area contributed by atoms with E-state index in [0.29, 0.717) is 0 Å². The molecule has 0 aromatic rings. The fraction of sp³-hybridized carbons (Fsp3) is 1.00. The molecule has 0 aromatic heterocycles. The SMILES string of the molecule is CCCCCCCCCCCCN(CCCCCCCCCCCC)P(N)(N)=S. The van der Waals surface area contributed by atoms with Gasteiger partial charge in [0.1, 0.15) is 6.49 Å². The molecule has 0 unspecified atom stereocenters. The van der Waals surface area contributed by atoms with Gasteiger partial charge in [0.25, 0.3) is 0 Å². The molecule has 0 rings (SSSR count). The van der Waals surface area contributed by atoms with E-state index in [2.05, 4.69) is 18.5 Å². The Bertz CT molecular complexity index is 349. The molecule has 0 saturated heterocycles. The average Bonchev–Trinajstić information content (AvgIpc) is 2.68. The molecule has 5 heteroatoms. The summed E-state index contributed by atoms with van der Waals surface area (Å²) >= 11 is 5.44. The molecule has 0 heterocycles. The van der Waals surface area contributed by atoms with Gasteiger partial charge in [0.2, 0.25) is 0 Å².